The summed E-state index contributed by atoms with van der Waals surface area (Å²) in [5.74, 6) is 0.603. The van der Waals surface area contributed by atoms with Crippen LogP contribution in [0.3, 0.4) is 0 Å². The lowest BCUT2D eigenvalue weighted by Crippen LogP contribution is -2.47. The van der Waals surface area contributed by atoms with Crippen LogP contribution in [0.5, 0.6) is 17.2 Å². The van der Waals surface area contributed by atoms with E-state index in [4.69, 9.17) is 18.9 Å². The number of ether oxygens (including phenoxy) is 4. The van der Waals surface area contributed by atoms with Gasteiger partial charge in [-0.1, -0.05) is 12.1 Å². The van der Waals surface area contributed by atoms with Gasteiger partial charge in [0.15, 0.2) is 11.5 Å². The van der Waals surface area contributed by atoms with E-state index in [0.29, 0.717) is 28.5 Å². The molecule has 0 spiro atoms. The van der Waals surface area contributed by atoms with Gasteiger partial charge in [-0.2, -0.15) is 0 Å². The number of nitrogens with zero attached hydrogens (tertiary/aromatic N) is 1. The van der Waals surface area contributed by atoms with E-state index in [1.807, 2.05) is 0 Å². The Morgan fingerprint density at radius 3 is 2.46 bits per heavy atom. The number of carbonyl (C=O) groups excluding carboxylic acids is 2. The number of methoxy groups -OCH3 is 3. The van der Waals surface area contributed by atoms with Crippen molar-refractivity contribution in [3.05, 3.63) is 48.0 Å². The molecule has 1 atom stereocenters. The van der Waals surface area contributed by atoms with Gasteiger partial charge in [0.25, 0.3) is 5.91 Å². The zero-order chi connectivity index (χ0) is 18.7. The third-order valence-corrected chi connectivity index (χ3v) is 4.11. The fourth-order valence-corrected chi connectivity index (χ4v) is 2.81. The van der Waals surface area contributed by atoms with Gasteiger partial charge in [0.1, 0.15) is 5.75 Å². The van der Waals surface area contributed by atoms with E-state index in [2.05, 4.69) is 0 Å². The quantitative estimate of drug-likeness (QED) is 0.782. The fourth-order valence-electron chi connectivity index (χ4n) is 2.81. The Hall–Kier alpha value is -3.22. The smallest absolute Gasteiger partial charge is 0.348 e. The highest BCUT2D eigenvalue weighted by atomic mass is 16.6. The van der Waals surface area contributed by atoms with E-state index in [-0.39, 0.29) is 12.5 Å². The number of hydrogen-bond donors (Lipinski definition) is 0. The van der Waals surface area contributed by atoms with Crippen LogP contribution >= 0.6 is 0 Å². The van der Waals surface area contributed by atoms with Crippen molar-refractivity contribution in [1.29, 1.82) is 0 Å². The molecular weight excluding hydrogens is 338 g/mol. The Morgan fingerprint density at radius 1 is 1.04 bits per heavy atom. The SMILES string of the molecule is COC(=O)C1CN(C(=O)c2ccc(OC)c(OC)c2)c2ccccc2O1. The van der Waals surface area contributed by atoms with Crippen LogP contribution in [-0.2, 0) is 9.53 Å². The van der Waals surface area contributed by atoms with Crippen LogP contribution in [0.4, 0.5) is 5.69 Å². The molecule has 26 heavy (non-hydrogen) atoms. The molecule has 0 bridgehead atoms. The minimum absolute atomic E-state index is 0.0524. The van der Waals surface area contributed by atoms with Crippen molar-refractivity contribution >= 4 is 17.6 Å². The number of amides is 1. The lowest BCUT2D eigenvalue weighted by Gasteiger charge is -2.33. The largest absolute Gasteiger partial charge is 0.493 e. The molecule has 0 saturated heterocycles. The van der Waals surface area contributed by atoms with Crippen molar-refractivity contribution in [2.75, 3.05) is 32.8 Å². The molecule has 3 rings (SSSR count). The number of rotatable bonds is 4. The molecule has 7 nitrogen and oxygen atoms in total. The summed E-state index contributed by atoms with van der Waals surface area (Å²) in [5, 5.41) is 0. The lowest BCUT2D eigenvalue weighted by atomic mass is 10.1. The van der Waals surface area contributed by atoms with Crippen LogP contribution in [0.2, 0.25) is 0 Å². The Labute approximate surface area is 151 Å². The minimum Gasteiger partial charge on any atom is -0.493 e. The van der Waals surface area contributed by atoms with E-state index >= 15 is 0 Å². The molecule has 136 valence electrons. The highest BCUT2D eigenvalue weighted by Gasteiger charge is 2.35. The van der Waals surface area contributed by atoms with Gasteiger partial charge in [0.05, 0.1) is 33.6 Å². The average Bonchev–Trinajstić information content (AvgIpc) is 2.71. The zero-order valence-electron chi connectivity index (χ0n) is 14.7. The predicted octanol–water partition coefficient (Wildman–Crippen LogP) is 2.28. The topological polar surface area (TPSA) is 74.3 Å². The first-order valence-corrected chi connectivity index (χ1v) is 7.96. The molecule has 0 aliphatic carbocycles. The molecule has 1 unspecified atom stereocenters. The minimum atomic E-state index is -0.890. The summed E-state index contributed by atoms with van der Waals surface area (Å²) < 4.78 is 20.9. The molecule has 0 N–H and O–H groups in total. The maximum Gasteiger partial charge on any atom is 0.348 e. The fraction of sp³-hybridized carbons (Fsp3) is 0.263. The number of esters is 1. The van der Waals surface area contributed by atoms with Gasteiger partial charge < -0.3 is 23.8 Å². The average molecular weight is 357 g/mol. The maximum absolute atomic E-state index is 13.1. The molecular formula is C19H19NO6. The Morgan fingerprint density at radius 2 is 1.77 bits per heavy atom. The van der Waals surface area contributed by atoms with Gasteiger partial charge in [-0.3, -0.25) is 4.79 Å². The summed E-state index contributed by atoms with van der Waals surface area (Å²) in [4.78, 5) is 26.6. The van der Waals surface area contributed by atoms with Crippen LogP contribution in [0.15, 0.2) is 42.5 Å². The van der Waals surface area contributed by atoms with Gasteiger partial charge in [0.2, 0.25) is 6.10 Å². The molecule has 0 radical (unpaired) electrons. The van der Waals surface area contributed by atoms with Gasteiger partial charge in [-0.05, 0) is 30.3 Å². The summed E-state index contributed by atoms with van der Waals surface area (Å²) in [6.07, 6.45) is -0.890. The van der Waals surface area contributed by atoms with Gasteiger partial charge in [-0.15, -0.1) is 0 Å². The molecule has 0 aromatic heterocycles. The molecule has 1 aliphatic rings. The normalized spacial score (nSPS) is 15.5. The van der Waals surface area contributed by atoms with Crippen molar-refractivity contribution in [3.63, 3.8) is 0 Å². The standard InChI is InChI=1S/C19H19NO6/c1-23-15-9-8-12(10-16(15)24-2)18(21)20-11-17(19(22)25-3)26-14-7-5-4-6-13(14)20/h4-10,17H,11H2,1-3H3. The van der Waals surface area contributed by atoms with Crippen LogP contribution < -0.4 is 19.1 Å². The molecule has 1 heterocycles. The van der Waals surface area contributed by atoms with Gasteiger partial charge in [0, 0.05) is 5.56 Å². The second-order valence-corrected chi connectivity index (χ2v) is 5.58. The highest BCUT2D eigenvalue weighted by Crippen LogP contribution is 2.35. The molecule has 7 heteroatoms. The predicted molar refractivity (Wildman–Crippen MR) is 94.1 cm³/mol. The number of hydrogen-bond acceptors (Lipinski definition) is 6. The van der Waals surface area contributed by atoms with E-state index < -0.39 is 12.1 Å². The number of benzene rings is 2. The second-order valence-electron chi connectivity index (χ2n) is 5.58. The van der Waals surface area contributed by atoms with Crippen LogP contribution in [0, 0.1) is 0 Å². The van der Waals surface area contributed by atoms with Crippen molar-refractivity contribution in [3.8, 4) is 17.2 Å². The van der Waals surface area contributed by atoms with E-state index in [1.165, 1.54) is 26.2 Å². The van der Waals surface area contributed by atoms with Crippen molar-refractivity contribution in [1.82, 2.24) is 0 Å². The third-order valence-electron chi connectivity index (χ3n) is 4.11. The van der Waals surface area contributed by atoms with Crippen molar-refractivity contribution in [2.45, 2.75) is 6.10 Å². The van der Waals surface area contributed by atoms with Gasteiger partial charge in [-0.25, -0.2) is 4.79 Å². The summed E-state index contributed by atoms with van der Waals surface area (Å²) in [6.45, 7) is 0.0524. The lowest BCUT2D eigenvalue weighted by molar-refractivity contribution is -0.148. The first-order chi connectivity index (χ1) is 12.6. The van der Waals surface area contributed by atoms with E-state index in [1.54, 1.807) is 42.5 Å². The van der Waals surface area contributed by atoms with Crippen LogP contribution in [-0.4, -0.2) is 45.9 Å². The monoisotopic (exact) mass is 357 g/mol. The third kappa shape index (κ3) is 3.15. The van der Waals surface area contributed by atoms with E-state index in [9.17, 15) is 9.59 Å². The maximum atomic E-state index is 13.1. The number of para-hydroxylation sites is 2. The van der Waals surface area contributed by atoms with Crippen LogP contribution in [0.25, 0.3) is 0 Å². The summed E-state index contributed by atoms with van der Waals surface area (Å²) in [7, 11) is 4.31. The first-order valence-electron chi connectivity index (χ1n) is 7.96. The Kier molecular flexibility index (Phi) is 4.97. The second kappa shape index (κ2) is 7.35. The number of anilines is 1. The first kappa shape index (κ1) is 17.6. The molecule has 2 aromatic carbocycles. The molecule has 0 fully saturated rings. The Balaban J connectivity index is 1.98. The highest BCUT2D eigenvalue weighted by molar-refractivity contribution is 6.08. The summed E-state index contributed by atoms with van der Waals surface area (Å²) in [6, 6.07) is 12.0. The van der Waals surface area contributed by atoms with E-state index in [0.717, 1.165) is 0 Å². The Bertz CT molecular complexity index is 835. The summed E-state index contributed by atoms with van der Waals surface area (Å²) >= 11 is 0. The van der Waals surface area contributed by atoms with Crippen LogP contribution in [0.1, 0.15) is 10.4 Å². The number of fused-ring (bicyclic) bond motifs is 1. The van der Waals surface area contributed by atoms with Crippen molar-refractivity contribution in [2.24, 2.45) is 0 Å². The zero-order valence-corrected chi connectivity index (χ0v) is 14.7. The van der Waals surface area contributed by atoms with Gasteiger partial charge >= 0.3 is 5.97 Å². The summed E-state index contributed by atoms with van der Waals surface area (Å²) in [5.41, 5.74) is 0.996. The molecule has 1 aliphatic heterocycles. The molecule has 2 aromatic rings. The molecule has 0 saturated carbocycles. The molecule has 1 amide bonds. The number of carbonyl (C=O) groups is 2. The van der Waals surface area contributed by atoms with Crippen molar-refractivity contribution < 1.29 is 28.5 Å².